The number of benzene rings is 1. The molecular weight excluding hydrogens is 212 g/mol. The fourth-order valence-corrected chi connectivity index (χ4v) is 2.30. The van der Waals surface area contributed by atoms with Crippen LogP contribution >= 0.6 is 0 Å². The third-order valence-electron chi connectivity index (χ3n) is 3.14. The first-order valence-electron chi connectivity index (χ1n) is 5.75. The molecule has 2 heterocycles. The molecule has 1 aliphatic rings. The first kappa shape index (κ1) is 10.4. The average Bonchev–Trinajstić information content (AvgIpc) is 2.82. The Morgan fingerprint density at radius 1 is 1.24 bits per heavy atom. The van der Waals surface area contributed by atoms with Crippen molar-refractivity contribution in [1.82, 2.24) is 4.98 Å². The van der Waals surface area contributed by atoms with E-state index in [2.05, 4.69) is 17.1 Å². The highest BCUT2D eigenvalue weighted by Crippen LogP contribution is 2.35. The molecule has 0 saturated heterocycles. The maximum Gasteiger partial charge on any atom is 0.0955 e. The summed E-state index contributed by atoms with van der Waals surface area (Å²) in [6, 6.07) is 12.2. The monoisotopic (exact) mass is 226 g/mol. The van der Waals surface area contributed by atoms with Gasteiger partial charge in [-0.25, -0.2) is 0 Å². The highest BCUT2D eigenvalue weighted by Gasteiger charge is 2.24. The molecule has 3 rings (SSSR count). The summed E-state index contributed by atoms with van der Waals surface area (Å²) in [5.74, 6) is 0. The Hall–Kier alpha value is -1.71. The van der Waals surface area contributed by atoms with Crippen molar-refractivity contribution >= 4 is 0 Å². The topological polar surface area (TPSA) is 48.1 Å². The molecule has 0 spiro atoms. The third-order valence-corrected chi connectivity index (χ3v) is 3.14. The predicted molar refractivity (Wildman–Crippen MR) is 66.3 cm³/mol. The largest absolute Gasteiger partial charge is 0.367 e. The fraction of sp³-hybridized carbons (Fsp3) is 0.214. The maximum absolute atomic E-state index is 5.70. The molecule has 1 aliphatic heterocycles. The zero-order valence-electron chi connectivity index (χ0n) is 9.47. The SMILES string of the molecule is NC[C@@H]1OCc2c(-c3ccccn3)cccc21. The van der Waals surface area contributed by atoms with Gasteiger partial charge in [0.15, 0.2) is 0 Å². The van der Waals surface area contributed by atoms with E-state index in [1.165, 1.54) is 11.1 Å². The lowest BCUT2D eigenvalue weighted by Gasteiger charge is -2.08. The van der Waals surface area contributed by atoms with Gasteiger partial charge in [-0.15, -0.1) is 0 Å². The van der Waals surface area contributed by atoms with Crippen molar-refractivity contribution in [3.63, 3.8) is 0 Å². The van der Waals surface area contributed by atoms with Crippen molar-refractivity contribution in [1.29, 1.82) is 0 Å². The Kier molecular flexibility index (Phi) is 2.63. The van der Waals surface area contributed by atoms with Crippen LogP contribution in [0.15, 0.2) is 42.6 Å². The zero-order valence-corrected chi connectivity index (χ0v) is 9.47. The third kappa shape index (κ3) is 1.73. The standard InChI is InChI=1S/C14H14N2O/c15-8-14-11-5-3-4-10(12(11)9-17-14)13-6-1-2-7-16-13/h1-7,14H,8-9,15H2/t14-/m0/s1. The minimum absolute atomic E-state index is 0.0358. The van der Waals surface area contributed by atoms with Crippen LogP contribution in [-0.4, -0.2) is 11.5 Å². The quantitative estimate of drug-likeness (QED) is 0.854. The Labute approximate surface area is 100 Å². The highest BCUT2D eigenvalue weighted by atomic mass is 16.5. The second-order valence-electron chi connectivity index (χ2n) is 4.12. The van der Waals surface area contributed by atoms with Crippen LogP contribution in [0.5, 0.6) is 0 Å². The molecule has 17 heavy (non-hydrogen) atoms. The van der Waals surface area contributed by atoms with E-state index in [-0.39, 0.29) is 6.10 Å². The maximum atomic E-state index is 5.70. The summed E-state index contributed by atoms with van der Waals surface area (Å²) in [4.78, 5) is 4.39. The summed E-state index contributed by atoms with van der Waals surface area (Å²) in [6.07, 6.45) is 1.85. The van der Waals surface area contributed by atoms with Crippen LogP contribution in [0.4, 0.5) is 0 Å². The Bertz CT molecular complexity index is 525. The Morgan fingerprint density at radius 3 is 2.94 bits per heavy atom. The second-order valence-corrected chi connectivity index (χ2v) is 4.12. The number of hydrogen-bond donors (Lipinski definition) is 1. The molecule has 86 valence electrons. The molecule has 1 atom stereocenters. The number of nitrogens with two attached hydrogens (primary N) is 1. The summed E-state index contributed by atoms with van der Waals surface area (Å²) < 4.78 is 5.68. The molecule has 1 aromatic carbocycles. The molecule has 3 heteroatoms. The van der Waals surface area contributed by atoms with Crippen molar-refractivity contribution in [2.24, 2.45) is 5.73 Å². The molecule has 2 aromatic rings. The summed E-state index contributed by atoms with van der Waals surface area (Å²) in [5, 5.41) is 0. The predicted octanol–water partition coefficient (Wildman–Crippen LogP) is 2.28. The molecule has 0 unspecified atom stereocenters. The first-order valence-corrected chi connectivity index (χ1v) is 5.75. The van der Waals surface area contributed by atoms with Crippen molar-refractivity contribution in [2.45, 2.75) is 12.7 Å². The zero-order chi connectivity index (χ0) is 11.7. The highest BCUT2D eigenvalue weighted by molar-refractivity contribution is 5.66. The van der Waals surface area contributed by atoms with Crippen molar-refractivity contribution in [3.8, 4) is 11.3 Å². The molecule has 0 radical (unpaired) electrons. The lowest BCUT2D eigenvalue weighted by molar-refractivity contribution is 0.0724. The van der Waals surface area contributed by atoms with Crippen LogP contribution in [0.1, 0.15) is 17.2 Å². The summed E-state index contributed by atoms with van der Waals surface area (Å²) in [5.41, 5.74) is 10.3. The number of aromatic nitrogens is 1. The molecule has 0 amide bonds. The fourth-order valence-electron chi connectivity index (χ4n) is 2.30. The van der Waals surface area contributed by atoms with Gasteiger partial charge in [0.05, 0.1) is 18.4 Å². The van der Waals surface area contributed by atoms with Crippen LogP contribution in [0.3, 0.4) is 0 Å². The normalized spacial score (nSPS) is 18.1. The van der Waals surface area contributed by atoms with Crippen molar-refractivity contribution in [3.05, 3.63) is 53.7 Å². The van der Waals surface area contributed by atoms with E-state index in [0.717, 1.165) is 11.3 Å². The number of rotatable bonds is 2. The minimum atomic E-state index is 0.0358. The van der Waals surface area contributed by atoms with Crippen LogP contribution in [-0.2, 0) is 11.3 Å². The molecule has 3 nitrogen and oxygen atoms in total. The number of hydrogen-bond acceptors (Lipinski definition) is 3. The lowest BCUT2D eigenvalue weighted by atomic mass is 9.98. The summed E-state index contributed by atoms with van der Waals surface area (Å²) >= 11 is 0. The molecule has 2 N–H and O–H groups in total. The number of fused-ring (bicyclic) bond motifs is 1. The van der Waals surface area contributed by atoms with Gasteiger partial charge in [-0.3, -0.25) is 4.98 Å². The van der Waals surface area contributed by atoms with Gasteiger partial charge in [-0.05, 0) is 23.3 Å². The molecule has 0 aliphatic carbocycles. The van der Waals surface area contributed by atoms with E-state index >= 15 is 0 Å². The van der Waals surface area contributed by atoms with Gasteiger partial charge in [0, 0.05) is 18.3 Å². The van der Waals surface area contributed by atoms with Gasteiger partial charge in [-0.2, -0.15) is 0 Å². The minimum Gasteiger partial charge on any atom is -0.367 e. The summed E-state index contributed by atoms with van der Waals surface area (Å²) in [6.45, 7) is 1.16. The van der Waals surface area contributed by atoms with E-state index < -0.39 is 0 Å². The van der Waals surface area contributed by atoms with Crippen molar-refractivity contribution in [2.75, 3.05) is 6.54 Å². The van der Waals surface area contributed by atoms with Crippen LogP contribution in [0, 0.1) is 0 Å². The number of nitrogens with zero attached hydrogens (tertiary/aromatic N) is 1. The summed E-state index contributed by atoms with van der Waals surface area (Å²) in [7, 11) is 0. The van der Waals surface area contributed by atoms with Gasteiger partial charge >= 0.3 is 0 Å². The first-order chi connectivity index (χ1) is 8.40. The smallest absolute Gasteiger partial charge is 0.0955 e. The van der Waals surface area contributed by atoms with Gasteiger partial charge in [0.1, 0.15) is 0 Å². The molecule has 0 saturated carbocycles. The molecule has 0 fully saturated rings. The van der Waals surface area contributed by atoms with E-state index in [9.17, 15) is 0 Å². The van der Waals surface area contributed by atoms with Gasteiger partial charge in [0.25, 0.3) is 0 Å². The van der Waals surface area contributed by atoms with E-state index in [1.807, 2.05) is 30.5 Å². The number of ether oxygens (including phenoxy) is 1. The van der Waals surface area contributed by atoms with E-state index in [4.69, 9.17) is 10.5 Å². The second kappa shape index (κ2) is 4.28. The molecule has 1 aromatic heterocycles. The molecule has 0 bridgehead atoms. The van der Waals surface area contributed by atoms with Crippen LogP contribution in [0.25, 0.3) is 11.3 Å². The van der Waals surface area contributed by atoms with Gasteiger partial charge in [-0.1, -0.05) is 24.3 Å². The van der Waals surface area contributed by atoms with Gasteiger partial charge < -0.3 is 10.5 Å². The average molecular weight is 226 g/mol. The van der Waals surface area contributed by atoms with Gasteiger partial charge in [0.2, 0.25) is 0 Å². The van der Waals surface area contributed by atoms with E-state index in [0.29, 0.717) is 13.2 Å². The Morgan fingerprint density at radius 2 is 2.18 bits per heavy atom. The Balaban J connectivity index is 2.12. The van der Waals surface area contributed by atoms with E-state index in [1.54, 1.807) is 0 Å². The molecular formula is C14H14N2O. The van der Waals surface area contributed by atoms with Crippen LogP contribution in [0.2, 0.25) is 0 Å². The van der Waals surface area contributed by atoms with Crippen molar-refractivity contribution < 1.29 is 4.74 Å². The van der Waals surface area contributed by atoms with Crippen LogP contribution < -0.4 is 5.73 Å². The number of pyridine rings is 1. The lowest BCUT2D eigenvalue weighted by Crippen LogP contribution is -2.10.